The largest absolute Gasteiger partial charge is 0.481 e. The van der Waals surface area contributed by atoms with E-state index in [1.54, 1.807) is 0 Å². The summed E-state index contributed by atoms with van der Waals surface area (Å²) in [5, 5.41) is 7.90. The number of carboxylic acids is 1. The van der Waals surface area contributed by atoms with Crippen LogP contribution in [0.5, 0.6) is 0 Å². The quantitative estimate of drug-likeness (QED) is 0.589. The van der Waals surface area contributed by atoms with Crippen molar-refractivity contribution in [2.75, 3.05) is 7.11 Å². The molecule has 1 atom stereocenters. The number of alkyl halides is 1. The van der Waals surface area contributed by atoms with E-state index in [0.717, 1.165) is 7.11 Å². The SMILES string of the molecule is COC(F)CC(=O)O. The van der Waals surface area contributed by atoms with Crippen molar-refractivity contribution < 1.29 is 19.0 Å². The van der Waals surface area contributed by atoms with Crippen molar-refractivity contribution in [1.29, 1.82) is 0 Å². The number of carboxylic acid groups (broad SMARTS) is 1. The minimum atomic E-state index is -1.67. The number of ether oxygens (including phenoxy) is 1. The highest BCUT2D eigenvalue weighted by Crippen LogP contribution is 1.96. The van der Waals surface area contributed by atoms with Gasteiger partial charge in [0.05, 0.1) is 0 Å². The number of aliphatic carboxylic acids is 1. The molecule has 0 amide bonds. The molecule has 0 fully saturated rings. The van der Waals surface area contributed by atoms with E-state index in [2.05, 4.69) is 4.74 Å². The Morgan fingerprint density at radius 3 is 2.62 bits per heavy atom. The maximum atomic E-state index is 11.8. The fraction of sp³-hybridized carbons (Fsp3) is 0.750. The molecular weight excluding hydrogens is 115 g/mol. The molecule has 0 saturated carbocycles. The fourth-order valence-corrected chi connectivity index (χ4v) is 0.221. The van der Waals surface area contributed by atoms with Gasteiger partial charge in [-0.15, -0.1) is 0 Å². The van der Waals surface area contributed by atoms with Gasteiger partial charge in [-0.05, 0) is 0 Å². The lowest BCUT2D eigenvalue weighted by Gasteiger charge is -1.98. The summed E-state index contributed by atoms with van der Waals surface area (Å²) in [5.74, 6) is -1.20. The van der Waals surface area contributed by atoms with E-state index in [0.29, 0.717) is 0 Å². The van der Waals surface area contributed by atoms with Gasteiger partial charge in [-0.25, -0.2) is 4.39 Å². The number of hydrogen-bond acceptors (Lipinski definition) is 2. The zero-order valence-corrected chi connectivity index (χ0v) is 4.43. The van der Waals surface area contributed by atoms with Crippen molar-refractivity contribution in [3.05, 3.63) is 0 Å². The molecule has 0 aromatic carbocycles. The van der Waals surface area contributed by atoms with Crippen molar-refractivity contribution in [2.24, 2.45) is 0 Å². The van der Waals surface area contributed by atoms with Crippen molar-refractivity contribution in [3.8, 4) is 0 Å². The Labute approximate surface area is 46.1 Å². The van der Waals surface area contributed by atoms with Gasteiger partial charge in [0.1, 0.15) is 6.42 Å². The molecule has 4 heteroatoms. The van der Waals surface area contributed by atoms with E-state index in [1.165, 1.54) is 0 Å². The summed E-state index contributed by atoms with van der Waals surface area (Å²) in [6.45, 7) is 0. The van der Waals surface area contributed by atoms with E-state index in [1.807, 2.05) is 0 Å². The summed E-state index contributed by atoms with van der Waals surface area (Å²) >= 11 is 0. The standard InChI is InChI=1S/C4H7FO3/c1-8-3(5)2-4(6)7/h3H,2H2,1H3,(H,6,7). The zero-order chi connectivity index (χ0) is 6.57. The molecule has 1 unspecified atom stereocenters. The third kappa shape index (κ3) is 3.55. The molecule has 3 nitrogen and oxygen atoms in total. The Morgan fingerprint density at radius 2 is 2.50 bits per heavy atom. The zero-order valence-electron chi connectivity index (χ0n) is 4.43. The summed E-state index contributed by atoms with van der Waals surface area (Å²) in [4.78, 5) is 9.65. The highest BCUT2D eigenvalue weighted by molar-refractivity contribution is 5.67. The second-order valence-corrected chi connectivity index (χ2v) is 1.24. The van der Waals surface area contributed by atoms with Crippen LogP contribution in [0.2, 0.25) is 0 Å². The van der Waals surface area contributed by atoms with Crippen LogP contribution in [0, 0.1) is 0 Å². The Balaban J connectivity index is 3.24. The van der Waals surface area contributed by atoms with E-state index in [-0.39, 0.29) is 0 Å². The van der Waals surface area contributed by atoms with E-state index in [9.17, 15) is 9.18 Å². The van der Waals surface area contributed by atoms with Crippen LogP contribution in [0.3, 0.4) is 0 Å². The molecular formula is C4H7FO3. The van der Waals surface area contributed by atoms with Gasteiger partial charge in [0.2, 0.25) is 6.36 Å². The highest BCUT2D eigenvalue weighted by atomic mass is 19.1. The number of carbonyl (C=O) groups is 1. The van der Waals surface area contributed by atoms with E-state index < -0.39 is 18.7 Å². The van der Waals surface area contributed by atoms with Crippen LogP contribution in [0.4, 0.5) is 4.39 Å². The average Bonchev–Trinajstić information content (AvgIpc) is 1.65. The Morgan fingerprint density at radius 1 is 2.00 bits per heavy atom. The highest BCUT2D eigenvalue weighted by Gasteiger charge is 2.07. The van der Waals surface area contributed by atoms with Gasteiger partial charge in [0, 0.05) is 7.11 Å². The summed E-state index contributed by atoms with van der Waals surface area (Å²) in [6.07, 6.45) is -2.26. The predicted octanol–water partition coefficient (Wildman–Crippen LogP) is 0.403. The normalized spacial score (nSPS) is 13.2. The van der Waals surface area contributed by atoms with Gasteiger partial charge in [-0.3, -0.25) is 4.79 Å². The lowest BCUT2D eigenvalue weighted by atomic mass is 10.4. The summed E-state index contributed by atoms with van der Waals surface area (Å²) in [7, 11) is 1.12. The molecule has 0 aliphatic rings. The van der Waals surface area contributed by atoms with Gasteiger partial charge >= 0.3 is 5.97 Å². The first-order valence-corrected chi connectivity index (χ1v) is 2.05. The summed E-state index contributed by atoms with van der Waals surface area (Å²) in [5.41, 5.74) is 0. The van der Waals surface area contributed by atoms with E-state index in [4.69, 9.17) is 5.11 Å². The van der Waals surface area contributed by atoms with Crippen LogP contribution in [-0.4, -0.2) is 24.5 Å². The monoisotopic (exact) mass is 122 g/mol. The van der Waals surface area contributed by atoms with Crippen LogP contribution in [0.15, 0.2) is 0 Å². The fourth-order valence-electron chi connectivity index (χ4n) is 0.221. The minimum absolute atomic E-state index is 0.587. The Kier molecular flexibility index (Phi) is 3.10. The first kappa shape index (κ1) is 7.36. The first-order chi connectivity index (χ1) is 3.66. The van der Waals surface area contributed by atoms with Crippen LogP contribution < -0.4 is 0 Å². The summed E-state index contributed by atoms with van der Waals surface area (Å²) in [6, 6.07) is 0. The lowest BCUT2D eigenvalue weighted by Crippen LogP contribution is -2.09. The van der Waals surface area contributed by atoms with Gasteiger partial charge in [-0.2, -0.15) is 0 Å². The second-order valence-electron chi connectivity index (χ2n) is 1.24. The van der Waals surface area contributed by atoms with Crippen LogP contribution in [0.25, 0.3) is 0 Å². The second kappa shape index (κ2) is 3.37. The minimum Gasteiger partial charge on any atom is -0.481 e. The molecule has 48 valence electrons. The van der Waals surface area contributed by atoms with Crippen LogP contribution >= 0.6 is 0 Å². The molecule has 0 radical (unpaired) electrons. The molecule has 0 aliphatic carbocycles. The Hall–Kier alpha value is -0.640. The number of halogens is 1. The molecule has 1 N–H and O–H groups in total. The van der Waals surface area contributed by atoms with Gasteiger partial charge in [0.15, 0.2) is 0 Å². The van der Waals surface area contributed by atoms with Crippen molar-refractivity contribution in [2.45, 2.75) is 12.8 Å². The topological polar surface area (TPSA) is 46.5 Å². The maximum Gasteiger partial charge on any atom is 0.308 e. The van der Waals surface area contributed by atoms with Gasteiger partial charge in [0.25, 0.3) is 0 Å². The lowest BCUT2D eigenvalue weighted by molar-refractivity contribution is -0.143. The number of methoxy groups -OCH3 is 1. The maximum absolute atomic E-state index is 11.8. The van der Waals surface area contributed by atoms with E-state index >= 15 is 0 Å². The van der Waals surface area contributed by atoms with Crippen LogP contribution in [-0.2, 0) is 9.53 Å². The van der Waals surface area contributed by atoms with Gasteiger partial charge < -0.3 is 9.84 Å². The molecule has 0 aromatic heterocycles. The van der Waals surface area contributed by atoms with Crippen molar-refractivity contribution >= 4 is 5.97 Å². The molecule has 0 spiro atoms. The molecule has 0 aliphatic heterocycles. The smallest absolute Gasteiger partial charge is 0.308 e. The van der Waals surface area contributed by atoms with Gasteiger partial charge in [-0.1, -0.05) is 0 Å². The molecule has 0 bridgehead atoms. The molecule has 0 aromatic rings. The predicted molar refractivity (Wildman–Crippen MR) is 24.2 cm³/mol. The third-order valence-corrected chi connectivity index (χ3v) is 0.591. The summed E-state index contributed by atoms with van der Waals surface area (Å²) < 4.78 is 15.8. The number of rotatable bonds is 3. The Bertz CT molecular complexity index is 83.4. The molecule has 0 saturated heterocycles. The number of hydrogen-bond donors (Lipinski definition) is 1. The van der Waals surface area contributed by atoms with Crippen molar-refractivity contribution in [1.82, 2.24) is 0 Å². The van der Waals surface area contributed by atoms with Crippen molar-refractivity contribution in [3.63, 3.8) is 0 Å². The molecule has 8 heavy (non-hydrogen) atoms. The molecule has 0 heterocycles. The average molecular weight is 122 g/mol. The first-order valence-electron chi connectivity index (χ1n) is 2.05. The van der Waals surface area contributed by atoms with Crippen LogP contribution in [0.1, 0.15) is 6.42 Å². The molecule has 0 rings (SSSR count). The third-order valence-electron chi connectivity index (χ3n) is 0.591.